The number of hydrogen-bond acceptors (Lipinski definition) is 2. The van der Waals surface area contributed by atoms with Gasteiger partial charge in [0.1, 0.15) is 0 Å². The molecule has 0 aromatic rings. The number of rotatable bonds is 0. The first-order valence-corrected chi connectivity index (χ1v) is 3.08. The Morgan fingerprint density at radius 3 is 2.30 bits per heavy atom. The number of nitrogens with zero attached hydrogens (tertiary/aromatic N) is 1. The Bertz CT molecular complexity index is 173. The van der Waals surface area contributed by atoms with Crippen LogP contribution in [0.15, 0.2) is 0 Å². The minimum absolute atomic E-state index is 0.342. The van der Waals surface area contributed by atoms with Crippen molar-refractivity contribution in [3.63, 3.8) is 0 Å². The zero-order valence-corrected chi connectivity index (χ0v) is 5.35. The van der Waals surface area contributed by atoms with Crippen molar-refractivity contribution in [3.8, 4) is 6.07 Å². The van der Waals surface area contributed by atoms with Crippen molar-refractivity contribution in [2.75, 3.05) is 0 Å². The normalized spacial score (nSPS) is 37.4. The van der Waals surface area contributed by atoms with Gasteiger partial charge in [-0.05, 0) is 0 Å². The minimum Gasteiger partial charge on any atom is -0.326 e. The van der Waals surface area contributed by atoms with E-state index in [1.54, 1.807) is 6.07 Å². The van der Waals surface area contributed by atoms with Gasteiger partial charge in [-0.3, -0.25) is 0 Å². The van der Waals surface area contributed by atoms with Crippen LogP contribution >= 0.6 is 0 Å². The minimum atomic E-state index is -2.71. The zero-order chi connectivity index (χ0) is 7.78. The van der Waals surface area contributed by atoms with Gasteiger partial charge >= 0.3 is 0 Å². The van der Waals surface area contributed by atoms with Crippen LogP contribution in [0.25, 0.3) is 0 Å². The summed E-state index contributed by atoms with van der Waals surface area (Å²) in [5.74, 6) is -3.37. The van der Waals surface area contributed by atoms with Crippen LogP contribution in [0.2, 0.25) is 0 Å². The van der Waals surface area contributed by atoms with Gasteiger partial charge in [0.25, 0.3) is 5.92 Å². The molecule has 4 heteroatoms. The maximum Gasteiger partial charge on any atom is 0.251 e. The van der Waals surface area contributed by atoms with Crippen LogP contribution in [-0.2, 0) is 0 Å². The zero-order valence-electron chi connectivity index (χ0n) is 5.35. The van der Waals surface area contributed by atoms with E-state index < -0.39 is 17.9 Å². The van der Waals surface area contributed by atoms with E-state index in [1.807, 2.05) is 0 Å². The van der Waals surface area contributed by atoms with Gasteiger partial charge in [0, 0.05) is 18.9 Å². The Kier molecular flexibility index (Phi) is 1.61. The second kappa shape index (κ2) is 2.17. The summed E-state index contributed by atoms with van der Waals surface area (Å²) in [7, 11) is 0. The molecule has 1 aliphatic rings. The number of hydrogen-bond donors (Lipinski definition) is 1. The summed E-state index contributed by atoms with van der Waals surface area (Å²) in [5.41, 5.74) is 5.26. The molecular formula is C6H8F2N2. The maximum atomic E-state index is 12.4. The van der Waals surface area contributed by atoms with E-state index in [4.69, 9.17) is 11.0 Å². The number of nitriles is 1. The summed E-state index contributed by atoms with van der Waals surface area (Å²) < 4.78 is 24.8. The largest absolute Gasteiger partial charge is 0.326 e. The lowest BCUT2D eigenvalue weighted by Gasteiger charge is -2.04. The van der Waals surface area contributed by atoms with Crippen molar-refractivity contribution in [1.82, 2.24) is 0 Å². The first kappa shape index (κ1) is 7.42. The molecule has 0 aliphatic heterocycles. The smallest absolute Gasteiger partial charge is 0.251 e. The molecule has 1 aliphatic carbocycles. The van der Waals surface area contributed by atoms with Crippen LogP contribution < -0.4 is 5.73 Å². The highest BCUT2D eigenvalue weighted by atomic mass is 19.3. The van der Waals surface area contributed by atoms with Gasteiger partial charge in [-0.1, -0.05) is 0 Å². The molecule has 56 valence electrons. The molecule has 0 heterocycles. The molecule has 0 radical (unpaired) electrons. The fraction of sp³-hybridized carbons (Fsp3) is 0.833. The van der Waals surface area contributed by atoms with Gasteiger partial charge in [-0.15, -0.1) is 0 Å². The molecule has 0 amide bonds. The lowest BCUT2D eigenvalue weighted by Crippen LogP contribution is -2.23. The number of halogens is 2. The van der Waals surface area contributed by atoms with Crippen molar-refractivity contribution in [3.05, 3.63) is 0 Å². The van der Waals surface area contributed by atoms with E-state index in [2.05, 4.69) is 0 Å². The van der Waals surface area contributed by atoms with E-state index in [1.165, 1.54) is 0 Å². The van der Waals surface area contributed by atoms with Crippen molar-refractivity contribution in [1.29, 1.82) is 5.26 Å². The second-order valence-electron chi connectivity index (χ2n) is 2.66. The lowest BCUT2D eigenvalue weighted by molar-refractivity contribution is 0.00602. The van der Waals surface area contributed by atoms with Crippen LogP contribution in [0, 0.1) is 17.2 Å². The average Bonchev–Trinajstić information content (AvgIpc) is 2.05. The van der Waals surface area contributed by atoms with Crippen LogP contribution in [-0.4, -0.2) is 12.0 Å². The van der Waals surface area contributed by atoms with Gasteiger partial charge in [0.2, 0.25) is 0 Å². The molecule has 2 nitrogen and oxygen atoms in total. The Hall–Kier alpha value is -0.690. The molecule has 2 N–H and O–H groups in total. The molecule has 2 atom stereocenters. The molecule has 0 bridgehead atoms. The highest BCUT2D eigenvalue weighted by molar-refractivity contribution is 5.01. The lowest BCUT2D eigenvalue weighted by atomic mass is 10.1. The van der Waals surface area contributed by atoms with Gasteiger partial charge < -0.3 is 5.73 Å². The van der Waals surface area contributed by atoms with Crippen molar-refractivity contribution < 1.29 is 8.78 Å². The molecule has 0 spiro atoms. The summed E-state index contributed by atoms with van der Waals surface area (Å²) >= 11 is 0. The number of nitrogens with two attached hydrogens (primary N) is 1. The molecule has 0 aromatic carbocycles. The Morgan fingerprint density at radius 1 is 1.50 bits per heavy atom. The molecule has 10 heavy (non-hydrogen) atoms. The number of alkyl halides is 2. The van der Waals surface area contributed by atoms with Gasteiger partial charge in [-0.25, -0.2) is 8.78 Å². The van der Waals surface area contributed by atoms with Gasteiger partial charge in [0.15, 0.2) is 0 Å². The van der Waals surface area contributed by atoms with Crippen LogP contribution in [0.1, 0.15) is 12.8 Å². The Balaban J connectivity index is 2.63. The van der Waals surface area contributed by atoms with E-state index in [9.17, 15) is 8.78 Å². The SMILES string of the molecule is N#CC1CC(F)(F)CC1N. The molecule has 1 rings (SSSR count). The molecule has 2 unspecified atom stereocenters. The summed E-state index contributed by atoms with van der Waals surface area (Å²) in [4.78, 5) is 0. The quantitative estimate of drug-likeness (QED) is 0.551. The Morgan fingerprint density at radius 2 is 2.10 bits per heavy atom. The second-order valence-corrected chi connectivity index (χ2v) is 2.66. The first-order chi connectivity index (χ1) is 4.55. The third-order valence-corrected chi connectivity index (χ3v) is 1.74. The highest BCUT2D eigenvalue weighted by Gasteiger charge is 2.44. The van der Waals surface area contributed by atoms with Crippen molar-refractivity contribution in [2.45, 2.75) is 24.8 Å². The fourth-order valence-electron chi connectivity index (χ4n) is 1.18. The first-order valence-electron chi connectivity index (χ1n) is 3.08. The van der Waals surface area contributed by atoms with Crippen LogP contribution in [0.4, 0.5) is 8.78 Å². The van der Waals surface area contributed by atoms with Gasteiger partial charge in [0.05, 0.1) is 12.0 Å². The maximum absolute atomic E-state index is 12.4. The molecular weight excluding hydrogens is 138 g/mol. The fourth-order valence-corrected chi connectivity index (χ4v) is 1.18. The molecule has 0 saturated heterocycles. The third-order valence-electron chi connectivity index (χ3n) is 1.74. The monoisotopic (exact) mass is 146 g/mol. The summed E-state index contributed by atoms with van der Waals surface area (Å²) in [6, 6.07) is 1.13. The van der Waals surface area contributed by atoms with Crippen LogP contribution in [0.3, 0.4) is 0 Å². The van der Waals surface area contributed by atoms with Crippen molar-refractivity contribution in [2.24, 2.45) is 11.7 Å². The van der Waals surface area contributed by atoms with Gasteiger partial charge in [-0.2, -0.15) is 5.26 Å². The summed E-state index contributed by atoms with van der Waals surface area (Å²) in [6.45, 7) is 0. The van der Waals surface area contributed by atoms with Crippen molar-refractivity contribution >= 4 is 0 Å². The van der Waals surface area contributed by atoms with E-state index in [0.717, 1.165) is 0 Å². The predicted molar refractivity (Wildman–Crippen MR) is 31.3 cm³/mol. The molecule has 0 aromatic heterocycles. The molecule has 1 saturated carbocycles. The third kappa shape index (κ3) is 1.24. The Labute approximate surface area is 57.6 Å². The average molecular weight is 146 g/mol. The standard InChI is InChI=1S/C6H8F2N2/c7-6(8)1-4(3-9)5(10)2-6/h4-5H,1-2,10H2. The van der Waals surface area contributed by atoms with E-state index in [0.29, 0.717) is 0 Å². The topological polar surface area (TPSA) is 49.8 Å². The van der Waals surface area contributed by atoms with E-state index in [-0.39, 0.29) is 12.8 Å². The van der Waals surface area contributed by atoms with Crippen LogP contribution in [0.5, 0.6) is 0 Å². The molecule has 1 fully saturated rings. The summed E-state index contributed by atoms with van der Waals surface area (Å²) in [5, 5.41) is 8.31. The summed E-state index contributed by atoms with van der Waals surface area (Å²) in [6.07, 6.45) is -0.712. The highest BCUT2D eigenvalue weighted by Crippen LogP contribution is 2.37. The van der Waals surface area contributed by atoms with E-state index >= 15 is 0 Å². The predicted octanol–water partition coefficient (Wildman–Crippen LogP) is 0.883.